The summed E-state index contributed by atoms with van der Waals surface area (Å²) in [6.45, 7) is 0.556. The molecule has 1 aromatic carbocycles. The van der Waals surface area contributed by atoms with E-state index >= 15 is 0 Å². The summed E-state index contributed by atoms with van der Waals surface area (Å²) in [5.41, 5.74) is 1.86. The second-order valence-corrected chi connectivity index (χ2v) is 6.48. The van der Waals surface area contributed by atoms with Crippen molar-refractivity contribution in [3.63, 3.8) is 0 Å². The number of carbonyl (C=O) groups is 2. The second kappa shape index (κ2) is 5.02. The number of halogens is 1. The van der Waals surface area contributed by atoms with Crippen LogP contribution in [0.25, 0.3) is 10.9 Å². The Bertz CT molecular complexity index is 766. The lowest BCUT2D eigenvalue weighted by atomic mass is 10.0. The average molecular weight is 318 g/mol. The van der Waals surface area contributed by atoms with Crippen LogP contribution in [0.15, 0.2) is 24.4 Å². The Balaban J connectivity index is 1.56. The molecule has 0 unspecified atom stereocenters. The predicted molar refractivity (Wildman–Crippen MR) is 83.8 cm³/mol. The fourth-order valence-electron chi connectivity index (χ4n) is 3.01. The fraction of sp³-hybridized carbons (Fsp3) is 0.375. The van der Waals surface area contributed by atoms with E-state index < -0.39 is 6.04 Å². The van der Waals surface area contributed by atoms with E-state index in [1.54, 1.807) is 0 Å². The van der Waals surface area contributed by atoms with Crippen molar-refractivity contribution < 1.29 is 9.59 Å². The molecule has 5 nitrogen and oxygen atoms in total. The first-order valence-corrected chi connectivity index (χ1v) is 7.87. The van der Waals surface area contributed by atoms with Crippen LogP contribution in [0, 0.1) is 5.92 Å². The highest BCUT2D eigenvalue weighted by Crippen LogP contribution is 2.31. The van der Waals surface area contributed by atoms with Crippen LogP contribution in [-0.2, 0) is 11.2 Å². The molecular formula is C16H16ClN3O2. The van der Waals surface area contributed by atoms with Gasteiger partial charge in [0, 0.05) is 24.5 Å². The SMILES string of the molecule is O=C1N[C@H](Cc2c[nH]c3c(Cl)cccc23)C(=O)N1CC1CC1. The summed E-state index contributed by atoms with van der Waals surface area (Å²) in [4.78, 5) is 28.9. The fourth-order valence-corrected chi connectivity index (χ4v) is 3.24. The minimum absolute atomic E-state index is 0.117. The van der Waals surface area contributed by atoms with Crippen molar-refractivity contribution in [3.05, 3.63) is 35.0 Å². The molecule has 3 amide bonds. The van der Waals surface area contributed by atoms with E-state index in [4.69, 9.17) is 11.6 Å². The summed E-state index contributed by atoms with van der Waals surface area (Å²) in [6.07, 6.45) is 4.57. The maximum atomic E-state index is 12.4. The molecule has 0 bridgehead atoms. The molecule has 6 heteroatoms. The lowest BCUT2D eigenvalue weighted by molar-refractivity contribution is -0.127. The van der Waals surface area contributed by atoms with Crippen LogP contribution in [0.5, 0.6) is 0 Å². The van der Waals surface area contributed by atoms with Gasteiger partial charge in [-0.2, -0.15) is 0 Å². The number of H-pyrrole nitrogens is 1. The van der Waals surface area contributed by atoms with E-state index in [0.29, 0.717) is 23.9 Å². The molecule has 2 aromatic rings. The predicted octanol–water partition coefficient (Wildman–Crippen LogP) is 2.69. The van der Waals surface area contributed by atoms with Crippen LogP contribution < -0.4 is 5.32 Å². The number of aromatic amines is 1. The van der Waals surface area contributed by atoms with Gasteiger partial charge in [0.05, 0.1) is 10.5 Å². The number of carbonyl (C=O) groups excluding carboxylic acids is 2. The highest BCUT2D eigenvalue weighted by atomic mass is 35.5. The maximum absolute atomic E-state index is 12.4. The summed E-state index contributed by atoms with van der Waals surface area (Å²) in [5, 5.41) is 4.44. The zero-order valence-electron chi connectivity index (χ0n) is 11.9. The van der Waals surface area contributed by atoms with E-state index in [1.807, 2.05) is 24.4 Å². The maximum Gasteiger partial charge on any atom is 0.324 e. The first-order chi connectivity index (χ1) is 10.6. The summed E-state index contributed by atoms with van der Waals surface area (Å²) in [7, 11) is 0. The number of urea groups is 1. The Morgan fingerprint density at radius 2 is 2.09 bits per heavy atom. The third-order valence-corrected chi connectivity index (χ3v) is 4.73. The van der Waals surface area contributed by atoms with Crippen molar-refractivity contribution in [2.75, 3.05) is 6.54 Å². The third-order valence-electron chi connectivity index (χ3n) is 4.42. The van der Waals surface area contributed by atoms with E-state index in [-0.39, 0.29) is 11.9 Å². The molecule has 2 N–H and O–H groups in total. The van der Waals surface area contributed by atoms with Gasteiger partial charge >= 0.3 is 6.03 Å². The van der Waals surface area contributed by atoms with Gasteiger partial charge in [0.25, 0.3) is 5.91 Å². The summed E-state index contributed by atoms with van der Waals surface area (Å²) in [6, 6.07) is 4.93. The normalized spacial score (nSPS) is 21.7. The molecule has 2 heterocycles. The molecule has 1 saturated heterocycles. The Kier molecular flexibility index (Phi) is 3.11. The number of aromatic nitrogens is 1. The Morgan fingerprint density at radius 3 is 2.86 bits per heavy atom. The first kappa shape index (κ1) is 13.6. The lowest BCUT2D eigenvalue weighted by Crippen LogP contribution is -2.33. The van der Waals surface area contributed by atoms with Crippen LogP contribution in [0.4, 0.5) is 4.79 Å². The molecule has 1 aliphatic carbocycles. The van der Waals surface area contributed by atoms with E-state index in [1.165, 1.54) is 4.90 Å². The van der Waals surface area contributed by atoms with Crippen molar-refractivity contribution in [3.8, 4) is 0 Å². The van der Waals surface area contributed by atoms with Gasteiger partial charge in [0.2, 0.25) is 0 Å². The number of nitrogens with one attached hydrogen (secondary N) is 2. The van der Waals surface area contributed by atoms with Gasteiger partial charge in [-0.25, -0.2) is 4.79 Å². The van der Waals surface area contributed by atoms with E-state index in [0.717, 1.165) is 29.3 Å². The number of hydrogen-bond donors (Lipinski definition) is 2. The largest absolute Gasteiger partial charge is 0.360 e. The zero-order valence-corrected chi connectivity index (χ0v) is 12.7. The third kappa shape index (κ3) is 2.25. The van der Waals surface area contributed by atoms with Gasteiger partial charge in [0.15, 0.2) is 0 Å². The number of hydrogen-bond acceptors (Lipinski definition) is 2. The van der Waals surface area contributed by atoms with Crippen LogP contribution in [0.1, 0.15) is 18.4 Å². The van der Waals surface area contributed by atoms with Crippen molar-refractivity contribution in [2.45, 2.75) is 25.3 Å². The first-order valence-electron chi connectivity index (χ1n) is 7.50. The number of amides is 3. The van der Waals surface area contributed by atoms with Gasteiger partial charge in [-0.05, 0) is 30.4 Å². The summed E-state index contributed by atoms with van der Waals surface area (Å²) in [5.74, 6) is 0.383. The van der Waals surface area contributed by atoms with Crippen LogP contribution in [0.3, 0.4) is 0 Å². The van der Waals surface area contributed by atoms with E-state index in [9.17, 15) is 9.59 Å². The highest BCUT2D eigenvalue weighted by molar-refractivity contribution is 6.35. The number of nitrogens with zero attached hydrogens (tertiary/aromatic N) is 1. The molecule has 4 rings (SSSR count). The van der Waals surface area contributed by atoms with Crippen molar-refractivity contribution in [1.29, 1.82) is 0 Å². The molecule has 1 atom stereocenters. The lowest BCUT2D eigenvalue weighted by Gasteiger charge is -2.11. The van der Waals surface area contributed by atoms with Crippen LogP contribution >= 0.6 is 11.6 Å². The number of imide groups is 1. The topological polar surface area (TPSA) is 65.2 Å². The number of para-hydroxylation sites is 1. The van der Waals surface area contributed by atoms with Gasteiger partial charge in [-0.3, -0.25) is 9.69 Å². The Hall–Kier alpha value is -2.01. The smallest absolute Gasteiger partial charge is 0.324 e. The molecule has 0 radical (unpaired) electrons. The molecule has 114 valence electrons. The van der Waals surface area contributed by atoms with Gasteiger partial charge in [0.1, 0.15) is 6.04 Å². The number of fused-ring (bicyclic) bond motifs is 1. The summed E-state index contributed by atoms with van der Waals surface area (Å²) < 4.78 is 0. The molecule has 1 aliphatic heterocycles. The number of rotatable bonds is 4. The van der Waals surface area contributed by atoms with Gasteiger partial charge in [-0.15, -0.1) is 0 Å². The average Bonchev–Trinajstić information content (AvgIpc) is 3.17. The van der Waals surface area contributed by atoms with Gasteiger partial charge in [-0.1, -0.05) is 23.7 Å². The molecule has 0 spiro atoms. The quantitative estimate of drug-likeness (QED) is 0.852. The molecule has 2 fully saturated rings. The van der Waals surface area contributed by atoms with Crippen LogP contribution in [-0.4, -0.2) is 34.4 Å². The zero-order chi connectivity index (χ0) is 15.3. The molecule has 1 saturated carbocycles. The monoisotopic (exact) mass is 317 g/mol. The van der Waals surface area contributed by atoms with Gasteiger partial charge < -0.3 is 10.3 Å². The molecular weight excluding hydrogens is 302 g/mol. The second-order valence-electron chi connectivity index (χ2n) is 6.07. The molecule has 2 aliphatic rings. The van der Waals surface area contributed by atoms with Crippen molar-refractivity contribution >= 4 is 34.4 Å². The highest BCUT2D eigenvalue weighted by Gasteiger charge is 2.40. The Labute approximate surface area is 132 Å². The minimum Gasteiger partial charge on any atom is -0.360 e. The number of benzene rings is 1. The van der Waals surface area contributed by atoms with Crippen molar-refractivity contribution in [1.82, 2.24) is 15.2 Å². The van der Waals surface area contributed by atoms with E-state index in [2.05, 4.69) is 10.3 Å². The summed E-state index contributed by atoms with van der Waals surface area (Å²) >= 11 is 6.15. The standard InChI is InChI=1S/C16H16ClN3O2/c17-12-3-1-2-11-10(7-18-14(11)12)6-13-15(21)20(16(22)19-13)8-9-4-5-9/h1-3,7,9,13,18H,4-6,8H2,(H,19,22)/t13-/m1/s1. The molecule has 22 heavy (non-hydrogen) atoms. The minimum atomic E-state index is -0.482. The molecule has 1 aromatic heterocycles. The van der Waals surface area contributed by atoms with Crippen LogP contribution in [0.2, 0.25) is 5.02 Å². The van der Waals surface area contributed by atoms with Crippen molar-refractivity contribution in [2.24, 2.45) is 5.92 Å². The Morgan fingerprint density at radius 1 is 1.27 bits per heavy atom.